The number of rotatable bonds is 1. The molecular weight excluding hydrogens is 252 g/mol. The fourth-order valence-electron chi connectivity index (χ4n) is 3.57. The van der Waals surface area contributed by atoms with Crippen LogP contribution in [0.5, 0.6) is 5.75 Å². The van der Waals surface area contributed by atoms with Gasteiger partial charge in [-0.15, -0.1) is 0 Å². The number of hydrogen-bond donors (Lipinski definition) is 1. The second-order valence-corrected chi connectivity index (χ2v) is 6.25. The molecule has 3 heterocycles. The first-order valence-corrected chi connectivity index (χ1v) is 7.07. The predicted octanol–water partition coefficient (Wildman–Crippen LogP) is 2.41. The van der Waals surface area contributed by atoms with Gasteiger partial charge in [0.1, 0.15) is 11.3 Å². The quantitative estimate of drug-likeness (QED) is 0.864. The summed E-state index contributed by atoms with van der Waals surface area (Å²) in [5.74, 6) is 0.848. The van der Waals surface area contributed by atoms with Gasteiger partial charge in [0, 0.05) is 41.7 Å². The molecule has 2 aliphatic rings. The molecule has 2 unspecified atom stereocenters. The third-order valence-corrected chi connectivity index (χ3v) is 4.80. The standard InChI is InChI=1S/C16H18N2O2/c1-16-9-18(7-11(16)8-20-10-16)13-5-6-17-15-12(13)3-2-4-14(15)19/h2-6,11,19H,7-10H2,1H3. The van der Waals surface area contributed by atoms with Crippen molar-refractivity contribution in [2.45, 2.75) is 6.92 Å². The molecule has 0 amide bonds. The number of phenolic OH excluding ortho intramolecular Hbond substituents is 1. The van der Waals surface area contributed by atoms with E-state index in [1.807, 2.05) is 18.2 Å². The molecule has 0 radical (unpaired) electrons. The third-order valence-electron chi connectivity index (χ3n) is 4.80. The van der Waals surface area contributed by atoms with Gasteiger partial charge in [-0.05, 0) is 12.1 Å². The largest absolute Gasteiger partial charge is 0.506 e. The van der Waals surface area contributed by atoms with Crippen molar-refractivity contribution >= 4 is 16.6 Å². The van der Waals surface area contributed by atoms with E-state index in [1.54, 1.807) is 12.3 Å². The fraction of sp³-hybridized carbons (Fsp3) is 0.438. The van der Waals surface area contributed by atoms with Crippen LogP contribution in [-0.4, -0.2) is 36.4 Å². The highest BCUT2D eigenvalue weighted by atomic mass is 16.5. The Hall–Kier alpha value is -1.81. The Morgan fingerprint density at radius 1 is 1.40 bits per heavy atom. The highest BCUT2D eigenvalue weighted by Gasteiger charge is 2.47. The first kappa shape index (κ1) is 12.0. The van der Waals surface area contributed by atoms with E-state index in [9.17, 15) is 5.11 Å². The van der Waals surface area contributed by atoms with E-state index in [2.05, 4.69) is 16.8 Å². The number of anilines is 1. The molecule has 2 saturated heterocycles. The molecule has 0 bridgehead atoms. The molecule has 0 saturated carbocycles. The zero-order valence-corrected chi connectivity index (χ0v) is 11.5. The van der Waals surface area contributed by atoms with Gasteiger partial charge in [-0.1, -0.05) is 19.1 Å². The molecule has 20 heavy (non-hydrogen) atoms. The van der Waals surface area contributed by atoms with Crippen molar-refractivity contribution in [1.82, 2.24) is 4.98 Å². The first-order valence-electron chi connectivity index (χ1n) is 7.07. The molecule has 2 atom stereocenters. The number of para-hydroxylation sites is 1. The van der Waals surface area contributed by atoms with Crippen molar-refractivity contribution < 1.29 is 9.84 Å². The molecule has 4 nitrogen and oxygen atoms in total. The molecular formula is C16H18N2O2. The van der Waals surface area contributed by atoms with Crippen LogP contribution in [0.1, 0.15) is 6.92 Å². The van der Waals surface area contributed by atoms with Gasteiger partial charge in [0.15, 0.2) is 0 Å². The number of aromatic nitrogens is 1. The van der Waals surface area contributed by atoms with E-state index < -0.39 is 0 Å². The Morgan fingerprint density at radius 3 is 3.15 bits per heavy atom. The minimum absolute atomic E-state index is 0.248. The Kier molecular flexibility index (Phi) is 2.45. The molecule has 0 spiro atoms. The van der Waals surface area contributed by atoms with Crippen LogP contribution in [0.4, 0.5) is 5.69 Å². The van der Waals surface area contributed by atoms with Crippen molar-refractivity contribution in [3.05, 3.63) is 30.5 Å². The first-order chi connectivity index (χ1) is 9.67. The highest BCUT2D eigenvalue weighted by Crippen LogP contribution is 2.43. The lowest BCUT2D eigenvalue weighted by Gasteiger charge is -2.24. The lowest BCUT2D eigenvalue weighted by Crippen LogP contribution is -2.27. The SMILES string of the molecule is CC12COCC1CN(c1ccnc3c(O)cccc13)C2. The summed E-state index contributed by atoms with van der Waals surface area (Å²) in [5.41, 5.74) is 2.11. The average molecular weight is 270 g/mol. The van der Waals surface area contributed by atoms with Crippen LogP contribution < -0.4 is 4.90 Å². The van der Waals surface area contributed by atoms with E-state index in [1.165, 1.54) is 5.69 Å². The van der Waals surface area contributed by atoms with Crippen LogP contribution >= 0.6 is 0 Å². The Morgan fingerprint density at radius 2 is 2.30 bits per heavy atom. The summed E-state index contributed by atoms with van der Waals surface area (Å²) in [6.07, 6.45) is 1.78. The van der Waals surface area contributed by atoms with Crippen LogP contribution in [0, 0.1) is 11.3 Å². The van der Waals surface area contributed by atoms with Gasteiger partial charge in [0.2, 0.25) is 0 Å². The van der Waals surface area contributed by atoms with Gasteiger partial charge in [0.05, 0.1) is 13.2 Å². The number of hydrogen-bond acceptors (Lipinski definition) is 4. The van der Waals surface area contributed by atoms with Gasteiger partial charge >= 0.3 is 0 Å². The van der Waals surface area contributed by atoms with Crippen LogP contribution in [0.15, 0.2) is 30.5 Å². The van der Waals surface area contributed by atoms with Crippen molar-refractivity contribution in [3.63, 3.8) is 0 Å². The van der Waals surface area contributed by atoms with Crippen molar-refractivity contribution in [1.29, 1.82) is 0 Å². The summed E-state index contributed by atoms with van der Waals surface area (Å²) in [4.78, 5) is 6.71. The zero-order valence-electron chi connectivity index (χ0n) is 11.5. The van der Waals surface area contributed by atoms with E-state index in [0.29, 0.717) is 11.4 Å². The summed E-state index contributed by atoms with van der Waals surface area (Å²) in [5, 5.41) is 11.0. The summed E-state index contributed by atoms with van der Waals surface area (Å²) in [6, 6.07) is 7.65. The maximum atomic E-state index is 9.95. The molecule has 4 rings (SSSR count). The number of pyridine rings is 1. The predicted molar refractivity (Wildman–Crippen MR) is 78.0 cm³/mol. The Labute approximate surface area is 118 Å². The van der Waals surface area contributed by atoms with Crippen LogP contribution in [0.3, 0.4) is 0 Å². The highest BCUT2D eigenvalue weighted by molar-refractivity contribution is 5.95. The second kappa shape index (κ2) is 4.09. The number of phenols is 1. The number of nitrogens with zero attached hydrogens (tertiary/aromatic N) is 2. The molecule has 2 fully saturated rings. The van der Waals surface area contributed by atoms with Gasteiger partial charge in [-0.3, -0.25) is 4.98 Å². The fourth-order valence-corrected chi connectivity index (χ4v) is 3.57. The summed E-state index contributed by atoms with van der Waals surface area (Å²) < 4.78 is 5.63. The maximum absolute atomic E-state index is 9.95. The lowest BCUT2D eigenvalue weighted by atomic mass is 9.83. The van der Waals surface area contributed by atoms with Gasteiger partial charge in [0.25, 0.3) is 0 Å². The van der Waals surface area contributed by atoms with E-state index in [-0.39, 0.29) is 11.2 Å². The van der Waals surface area contributed by atoms with Crippen molar-refractivity contribution in [2.75, 3.05) is 31.2 Å². The minimum atomic E-state index is 0.248. The van der Waals surface area contributed by atoms with Crippen LogP contribution in [0.25, 0.3) is 10.9 Å². The normalized spacial score (nSPS) is 29.1. The Balaban J connectivity index is 1.79. The minimum Gasteiger partial charge on any atom is -0.506 e. The number of benzene rings is 1. The molecule has 104 valence electrons. The van der Waals surface area contributed by atoms with Gasteiger partial charge < -0.3 is 14.7 Å². The smallest absolute Gasteiger partial charge is 0.141 e. The zero-order chi connectivity index (χ0) is 13.7. The Bertz CT molecular complexity index is 673. The van der Waals surface area contributed by atoms with Crippen LogP contribution in [0.2, 0.25) is 0 Å². The van der Waals surface area contributed by atoms with Gasteiger partial charge in [-0.25, -0.2) is 0 Å². The topological polar surface area (TPSA) is 45.6 Å². The van der Waals surface area contributed by atoms with E-state index in [4.69, 9.17) is 4.74 Å². The van der Waals surface area contributed by atoms with Gasteiger partial charge in [-0.2, -0.15) is 0 Å². The van der Waals surface area contributed by atoms with E-state index in [0.717, 1.165) is 31.7 Å². The molecule has 1 aromatic carbocycles. The monoisotopic (exact) mass is 270 g/mol. The molecule has 1 N–H and O–H groups in total. The number of ether oxygens (including phenoxy) is 1. The molecule has 1 aromatic heterocycles. The average Bonchev–Trinajstić information content (AvgIpc) is 2.93. The molecule has 2 aromatic rings. The van der Waals surface area contributed by atoms with Crippen molar-refractivity contribution in [3.8, 4) is 5.75 Å². The maximum Gasteiger partial charge on any atom is 0.141 e. The van der Waals surface area contributed by atoms with Crippen molar-refractivity contribution in [2.24, 2.45) is 11.3 Å². The number of aromatic hydroxyl groups is 1. The summed E-state index contributed by atoms with van der Waals surface area (Å²) in [7, 11) is 0. The number of fused-ring (bicyclic) bond motifs is 2. The molecule has 0 aliphatic carbocycles. The summed E-state index contributed by atoms with van der Waals surface area (Å²) >= 11 is 0. The molecule has 2 aliphatic heterocycles. The van der Waals surface area contributed by atoms with E-state index >= 15 is 0 Å². The second-order valence-electron chi connectivity index (χ2n) is 6.25. The van der Waals surface area contributed by atoms with Crippen LogP contribution in [-0.2, 0) is 4.74 Å². The molecule has 4 heteroatoms. The summed E-state index contributed by atoms with van der Waals surface area (Å²) in [6.45, 7) is 6.05. The lowest BCUT2D eigenvalue weighted by molar-refractivity contribution is 0.161. The third kappa shape index (κ3) is 1.61.